The second-order valence-electron chi connectivity index (χ2n) is 18.2. The van der Waals surface area contributed by atoms with Crippen molar-refractivity contribution in [1.82, 2.24) is 0 Å². The van der Waals surface area contributed by atoms with Crippen LogP contribution in [0.2, 0.25) is 0 Å². The van der Waals surface area contributed by atoms with Gasteiger partial charge in [-0.25, -0.2) is 0 Å². The van der Waals surface area contributed by atoms with Gasteiger partial charge >= 0.3 is 26.2 Å². The Bertz CT molecular complexity index is 2430. The quantitative estimate of drug-likeness (QED) is 0.0948. The molecule has 0 unspecified atom stereocenters. The Morgan fingerprint density at radius 3 is 1.33 bits per heavy atom. The monoisotopic (exact) mass is 875 g/mol. The molecule has 0 spiro atoms. The van der Waals surface area contributed by atoms with E-state index in [4.69, 9.17) is 0 Å². The van der Waals surface area contributed by atoms with E-state index in [1.54, 1.807) is 0 Å². The molecule has 0 saturated carbocycles. The summed E-state index contributed by atoms with van der Waals surface area (Å²) in [6, 6.07) is 58.9. The Kier molecular flexibility index (Phi) is 15.8. The van der Waals surface area contributed by atoms with Gasteiger partial charge in [0.25, 0.3) is 0 Å². The summed E-state index contributed by atoms with van der Waals surface area (Å²) >= 11 is 0. The Balaban J connectivity index is 0.000000155. The van der Waals surface area contributed by atoms with Crippen LogP contribution < -0.4 is 10.4 Å². The maximum Gasteiger partial charge on any atom is 3.00 e. The maximum atomic E-state index is 3.31. The Morgan fingerprint density at radius 2 is 0.850 bits per heavy atom. The maximum absolute atomic E-state index is 3.31. The zero-order chi connectivity index (χ0) is 41.5. The van der Waals surface area contributed by atoms with Crippen molar-refractivity contribution in [3.05, 3.63) is 180 Å². The third-order valence-electron chi connectivity index (χ3n) is 11.1. The Labute approximate surface area is 383 Å². The summed E-state index contributed by atoms with van der Waals surface area (Å²) in [5, 5.41) is 8.37. The van der Waals surface area contributed by atoms with E-state index in [0.717, 1.165) is 35.2 Å². The van der Waals surface area contributed by atoms with Crippen LogP contribution in [-0.4, -0.2) is 9.52 Å². The van der Waals surface area contributed by atoms with Crippen LogP contribution in [0.3, 0.4) is 0 Å². The first-order valence-corrected chi connectivity index (χ1v) is 22.9. The molecule has 0 atom stereocenters. The predicted molar refractivity (Wildman–Crippen MR) is 260 cm³/mol. The molecule has 1 heterocycles. The van der Waals surface area contributed by atoms with Crippen molar-refractivity contribution in [3.63, 3.8) is 0 Å². The number of fused-ring (bicyclic) bond motifs is 5. The van der Waals surface area contributed by atoms with Crippen molar-refractivity contribution < 1.29 is 26.2 Å². The summed E-state index contributed by atoms with van der Waals surface area (Å²) in [7, 11) is 0.795. The van der Waals surface area contributed by atoms with Crippen LogP contribution in [0, 0.1) is 29.7 Å². The van der Waals surface area contributed by atoms with Gasteiger partial charge in [-0.1, -0.05) is 162 Å². The van der Waals surface area contributed by atoms with Crippen molar-refractivity contribution in [2.24, 2.45) is 23.7 Å². The first kappa shape index (κ1) is 45.2. The van der Waals surface area contributed by atoms with Crippen molar-refractivity contribution in [2.75, 3.05) is 0 Å². The summed E-state index contributed by atoms with van der Waals surface area (Å²) in [6.07, 6.45) is 4.57. The molecule has 1 aliphatic heterocycles. The van der Waals surface area contributed by atoms with E-state index in [0.29, 0.717) is 23.7 Å². The van der Waals surface area contributed by atoms with Crippen LogP contribution in [0.25, 0.3) is 54.9 Å². The van der Waals surface area contributed by atoms with Gasteiger partial charge < -0.3 is 0 Å². The van der Waals surface area contributed by atoms with Gasteiger partial charge in [-0.15, -0.1) is 74.6 Å². The standard InChI is InChI=1S/2C23H27.C12H7Si.Zr/c2*1-16(2)12-18-14-20-9-7-11-22(23(20)15-18)21-10-6-5-8-19(21)13-17(3)4;1-3-7-11-9(5-1)10-6-2-4-8-12(10)13-11;/h2*5-11,14-17H,12-13H2,1-4H3;1-7H;/q3*-1;+3. The third-order valence-corrected chi connectivity index (χ3v) is 12.5. The smallest absolute Gasteiger partial charge is 0.184 e. The largest absolute Gasteiger partial charge is 3.00 e. The molecule has 0 aliphatic carbocycles. The molecule has 0 bridgehead atoms. The van der Waals surface area contributed by atoms with Crippen molar-refractivity contribution in [3.8, 4) is 33.4 Å². The SMILES string of the molecule is CC(C)Cc1cc2c(-c3ccccc3CC(C)C)cccc2[cH-]1.CC(C)Cc1cc2c(-c3ccccc3CC(C)C)cccc2[cH-]1.[Zr+3].[c-]1cccc2c1[Si]c1ccccc1-2. The number of rotatable bonds is 10. The summed E-state index contributed by atoms with van der Waals surface area (Å²) in [6.45, 7) is 18.3. The molecule has 0 amide bonds. The third kappa shape index (κ3) is 11.1. The summed E-state index contributed by atoms with van der Waals surface area (Å²) in [5.41, 5.74) is 14.2. The van der Waals surface area contributed by atoms with Crippen molar-refractivity contribution in [1.29, 1.82) is 0 Å². The normalized spacial score (nSPS) is 11.7. The average Bonchev–Trinajstić information content (AvgIpc) is 3.92. The Morgan fingerprint density at radius 1 is 0.433 bits per heavy atom. The number of benzene rings is 6. The zero-order valence-corrected chi connectivity index (χ0v) is 40.5. The summed E-state index contributed by atoms with van der Waals surface area (Å²) in [4.78, 5) is 0. The van der Waals surface area contributed by atoms with Gasteiger partial charge in [0.15, 0.2) is 0 Å². The summed E-state index contributed by atoms with van der Waals surface area (Å²) < 4.78 is 0. The number of hydrogen-bond donors (Lipinski definition) is 0. The molecule has 0 saturated heterocycles. The number of hydrogen-bond acceptors (Lipinski definition) is 0. The molecule has 9 rings (SSSR count). The van der Waals surface area contributed by atoms with E-state index < -0.39 is 0 Å². The molecule has 0 N–H and O–H groups in total. The molecule has 0 fully saturated rings. The van der Waals surface area contributed by atoms with Gasteiger partial charge in [0.05, 0.1) is 9.52 Å². The van der Waals surface area contributed by atoms with Gasteiger partial charge in [0, 0.05) is 0 Å². The molecule has 3 radical (unpaired) electrons. The van der Waals surface area contributed by atoms with E-state index in [1.165, 1.54) is 87.6 Å². The molecule has 0 aromatic heterocycles. The molecule has 1 aliphatic rings. The van der Waals surface area contributed by atoms with Gasteiger partial charge in [-0.05, 0) is 71.6 Å². The van der Waals surface area contributed by atoms with Gasteiger partial charge in [-0.2, -0.15) is 41.6 Å². The molecule has 8 aromatic carbocycles. The van der Waals surface area contributed by atoms with E-state index in [1.807, 2.05) is 6.07 Å². The first-order chi connectivity index (χ1) is 28.5. The predicted octanol–water partition coefficient (Wildman–Crippen LogP) is 14.4. The van der Waals surface area contributed by atoms with Crippen LogP contribution in [-0.2, 0) is 51.9 Å². The van der Waals surface area contributed by atoms with Crippen molar-refractivity contribution >= 4 is 41.4 Å². The van der Waals surface area contributed by atoms with Crippen LogP contribution >= 0.6 is 0 Å². The van der Waals surface area contributed by atoms with Crippen LogP contribution in [0.15, 0.2) is 152 Å². The Hall–Kier alpha value is -4.36. The first-order valence-electron chi connectivity index (χ1n) is 21.9. The molecule has 0 nitrogen and oxygen atoms in total. The molecule has 301 valence electrons. The molecule has 8 aromatic rings. The van der Waals surface area contributed by atoms with E-state index in [9.17, 15) is 0 Å². The van der Waals surface area contributed by atoms with Crippen LogP contribution in [0.1, 0.15) is 77.6 Å². The minimum atomic E-state index is 0. The minimum Gasteiger partial charge on any atom is -0.184 e. The molecule has 2 heteroatoms. The molecule has 60 heavy (non-hydrogen) atoms. The fourth-order valence-electron chi connectivity index (χ4n) is 8.77. The van der Waals surface area contributed by atoms with Crippen LogP contribution in [0.4, 0.5) is 0 Å². The fourth-order valence-corrected chi connectivity index (χ4v) is 10.1. The average molecular weight is 877 g/mol. The summed E-state index contributed by atoms with van der Waals surface area (Å²) in [5.74, 6) is 2.74. The second kappa shape index (κ2) is 20.9. The van der Waals surface area contributed by atoms with Gasteiger partial charge in [-0.3, -0.25) is 0 Å². The zero-order valence-electron chi connectivity index (χ0n) is 37.1. The van der Waals surface area contributed by atoms with E-state index in [-0.39, 0.29) is 26.2 Å². The van der Waals surface area contributed by atoms with Crippen LogP contribution in [0.5, 0.6) is 0 Å². The van der Waals surface area contributed by atoms with E-state index in [2.05, 4.69) is 207 Å². The van der Waals surface area contributed by atoms with Crippen molar-refractivity contribution in [2.45, 2.75) is 81.1 Å². The fraction of sp³-hybridized carbons (Fsp3) is 0.276. The van der Waals surface area contributed by atoms with Gasteiger partial charge in [0.1, 0.15) is 0 Å². The topological polar surface area (TPSA) is 0 Å². The molecular weight excluding hydrogens is 816 g/mol. The second-order valence-corrected chi connectivity index (χ2v) is 19.5. The van der Waals surface area contributed by atoms with Gasteiger partial charge in [0.2, 0.25) is 0 Å². The molecular formula is C58H61SiZr. The minimum absolute atomic E-state index is 0. The van der Waals surface area contributed by atoms with E-state index >= 15 is 0 Å².